The first-order valence-electron chi connectivity index (χ1n) is 9.33. The van der Waals surface area contributed by atoms with Crippen LogP contribution in [0.4, 0.5) is 10.3 Å². The number of anilines is 2. The summed E-state index contributed by atoms with van der Waals surface area (Å²) in [6.45, 7) is 5.95. The molecule has 2 aliphatic rings. The molecule has 8 heteroatoms. The molecule has 4 heterocycles. The van der Waals surface area contributed by atoms with Gasteiger partial charge < -0.3 is 15.5 Å². The maximum Gasteiger partial charge on any atom is 0.229 e. The molecule has 2 aromatic rings. The summed E-state index contributed by atoms with van der Waals surface area (Å²) in [4.78, 5) is 25.2. The predicted molar refractivity (Wildman–Crippen MR) is 107 cm³/mol. The summed E-state index contributed by atoms with van der Waals surface area (Å²) in [6.07, 6.45) is 6.01. The molecule has 0 unspecified atom stereocenters. The maximum absolute atomic E-state index is 12.6. The Balaban J connectivity index is 1.29. The lowest BCUT2D eigenvalue weighted by molar-refractivity contribution is -0.120. The summed E-state index contributed by atoms with van der Waals surface area (Å²) in [5.41, 5.74) is 1.07. The van der Waals surface area contributed by atoms with Crippen LogP contribution >= 0.6 is 22.7 Å². The van der Waals surface area contributed by atoms with Gasteiger partial charge in [-0.2, -0.15) is 0 Å². The number of thiazole rings is 2. The Labute approximate surface area is 162 Å². The molecule has 0 aromatic carbocycles. The lowest BCUT2D eigenvalue weighted by atomic mass is 9.96. The lowest BCUT2D eigenvalue weighted by Crippen LogP contribution is -2.38. The molecule has 0 atom stereocenters. The third-order valence-electron chi connectivity index (χ3n) is 5.24. The van der Waals surface area contributed by atoms with Gasteiger partial charge in [0, 0.05) is 35.5 Å². The Morgan fingerprint density at radius 3 is 2.73 bits per heavy atom. The van der Waals surface area contributed by atoms with Gasteiger partial charge >= 0.3 is 0 Å². The maximum atomic E-state index is 12.6. The van der Waals surface area contributed by atoms with E-state index in [1.54, 1.807) is 22.7 Å². The van der Waals surface area contributed by atoms with Crippen molar-refractivity contribution in [2.75, 3.05) is 36.4 Å². The van der Waals surface area contributed by atoms with E-state index in [1.165, 1.54) is 4.88 Å². The van der Waals surface area contributed by atoms with Crippen LogP contribution in [0.25, 0.3) is 0 Å². The van der Waals surface area contributed by atoms with Gasteiger partial charge in [0.2, 0.25) is 5.91 Å². The number of amides is 1. The van der Waals surface area contributed by atoms with Crippen LogP contribution < -0.4 is 15.5 Å². The van der Waals surface area contributed by atoms with E-state index < -0.39 is 0 Å². The Kier molecular flexibility index (Phi) is 5.52. The van der Waals surface area contributed by atoms with E-state index in [4.69, 9.17) is 0 Å². The highest BCUT2D eigenvalue weighted by Gasteiger charge is 2.27. The average Bonchev–Trinajstić information content (AvgIpc) is 3.32. The van der Waals surface area contributed by atoms with Crippen molar-refractivity contribution >= 4 is 38.8 Å². The number of carbonyl (C=O) groups is 1. The molecule has 0 saturated carbocycles. The summed E-state index contributed by atoms with van der Waals surface area (Å²) < 4.78 is 0. The number of nitrogens with one attached hydrogen (secondary N) is 2. The zero-order valence-corrected chi connectivity index (χ0v) is 16.7. The molecule has 2 aliphatic heterocycles. The normalized spacial score (nSPS) is 19.7. The molecule has 0 aliphatic carbocycles. The van der Waals surface area contributed by atoms with E-state index in [9.17, 15) is 4.79 Å². The molecule has 2 aromatic heterocycles. The van der Waals surface area contributed by atoms with Gasteiger partial charge in [0.05, 0.1) is 5.69 Å². The fourth-order valence-electron chi connectivity index (χ4n) is 3.67. The van der Waals surface area contributed by atoms with Crippen LogP contribution in [-0.2, 0) is 4.79 Å². The number of rotatable bonds is 4. The van der Waals surface area contributed by atoms with E-state index in [0.717, 1.165) is 67.8 Å². The fraction of sp³-hybridized carbons (Fsp3) is 0.611. The first-order valence-corrected chi connectivity index (χ1v) is 11.0. The zero-order chi connectivity index (χ0) is 17.9. The fourth-order valence-corrected chi connectivity index (χ4v) is 5.51. The third kappa shape index (κ3) is 4.07. The smallest absolute Gasteiger partial charge is 0.229 e. The Bertz CT molecular complexity index is 744. The molecule has 1 amide bonds. The standard InChI is InChI=1S/C18H25N5OS2/c1-12-11-25-18(21-12)23-8-4-14(5-9-23)16(24)22-17-20-10-15(26-17)13-2-6-19-7-3-13/h10-11,13-14,19H,2-9H2,1H3,(H,20,22,24). The number of aromatic nitrogens is 2. The third-order valence-corrected chi connectivity index (χ3v) is 7.33. The van der Waals surface area contributed by atoms with Crippen molar-refractivity contribution in [3.05, 3.63) is 22.1 Å². The van der Waals surface area contributed by atoms with Crippen molar-refractivity contribution in [2.24, 2.45) is 5.92 Å². The zero-order valence-electron chi connectivity index (χ0n) is 15.0. The van der Waals surface area contributed by atoms with Crippen LogP contribution in [0.3, 0.4) is 0 Å². The molecular formula is C18H25N5OS2. The molecule has 140 valence electrons. The minimum atomic E-state index is 0.0681. The lowest BCUT2D eigenvalue weighted by Gasteiger charge is -2.30. The monoisotopic (exact) mass is 391 g/mol. The number of piperidine rings is 2. The van der Waals surface area contributed by atoms with Crippen molar-refractivity contribution in [3.63, 3.8) is 0 Å². The first kappa shape index (κ1) is 17.9. The van der Waals surface area contributed by atoms with Crippen LogP contribution in [-0.4, -0.2) is 42.1 Å². The van der Waals surface area contributed by atoms with Gasteiger partial charge in [-0.15, -0.1) is 22.7 Å². The molecule has 0 bridgehead atoms. The van der Waals surface area contributed by atoms with Gasteiger partial charge in [0.1, 0.15) is 0 Å². The molecule has 0 spiro atoms. The summed E-state index contributed by atoms with van der Waals surface area (Å²) in [7, 11) is 0. The van der Waals surface area contributed by atoms with Crippen LogP contribution in [0.5, 0.6) is 0 Å². The summed E-state index contributed by atoms with van der Waals surface area (Å²) in [5.74, 6) is 0.772. The van der Waals surface area contributed by atoms with E-state index in [1.807, 2.05) is 13.1 Å². The minimum Gasteiger partial charge on any atom is -0.348 e. The number of carbonyl (C=O) groups excluding carboxylic acids is 1. The van der Waals surface area contributed by atoms with Gasteiger partial charge in [0.25, 0.3) is 0 Å². The number of nitrogens with zero attached hydrogens (tertiary/aromatic N) is 3. The number of hydrogen-bond donors (Lipinski definition) is 2. The summed E-state index contributed by atoms with van der Waals surface area (Å²) in [6, 6.07) is 0. The molecule has 2 saturated heterocycles. The van der Waals surface area contributed by atoms with Gasteiger partial charge in [-0.1, -0.05) is 0 Å². The first-order chi connectivity index (χ1) is 12.7. The molecule has 6 nitrogen and oxygen atoms in total. The molecule has 2 N–H and O–H groups in total. The molecule has 26 heavy (non-hydrogen) atoms. The summed E-state index contributed by atoms with van der Waals surface area (Å²) >= 11 is 3.33. The van der Waals surface area contributed by atoms with Crippen LogP contribution in [0.15, 0.2) is 11.6 Å². The van der Waals surface area contributed by atoms with Gasteiger partial charge in [-0.05, 0) is 51.6 Å². The second-order valence-corrected chi connectivity index (χ2v) is 9.01. The SMILES string of the molecule is Cc1csc(N2CCC(C(=O)Nc3ncc(C4CCNCC4)s3)CC2)n1. The topological polar surface area (TPSA) is 70.2 Å². The van der Waals surface area contributed by atoms with Crippen molar-refractivity contribution in [1.29, 1.82) is 0 Å². The number of hydrogen-bond acceptors (Lipinski definition) is 7. The largest absolute Gasteiger partial charge is 0.348 e. The second-order valence-electron chi connectivity index (χ2n) is 7.11. The Morgan fingerprint density at radius 1 is 1.27 bits per heavy atom. The van der Waals surface area contributed by atoms with E-state index in [0.29, 0.717) is 5.92 Å². The Hall–Kier alpha value is -1.51. The average molecular weight is 392 g/mol. The highest BCUT2D eigenvalue weighted by molar-refractivity contribution is 7.15. The quantitative estimate of drug-likeness (QED) is 0.837. The van der Waals surface area contributed by atoms with Crippen LogP contribution in [0.1, 0.15) is 42.2 Å². The highest BCUT2D eigenvalue weighted by atomic mass is 32.1. The van der Waals surface area contributed by atoms with Crippen molar-refractivity contribution in [3.8, 4) is 0 Å². The van der Waals surface area contributed by atoms with Crippen molar-refractivity contribution in [2.45, 2.75) is 38.5 Å². The molecule has 4 rings (SSSR count). The molecule has 0 radical (unpaired) electrons. The number of aryl methyl sites for hydroxylation is 1. The summed E-state index contributed by atoms with van der Waals surface area (Å²) in [5, 5.41) is 10.3. The van der Waals surface area contributed by atoms with E-state index in [-0.39, 0.29) is 11.8 Å². The molecule has 2 fully saturated rings. The van der Waals surface area contributed by atoms with Crippen molar-refractivity contribution < 1.29 is 4.79 Å². The van der Waals surface area contributed by atoms with Crippen LogP contribution in [0, 0.1) is 12.8 Å². The Morgan fingerprint density at radius 2 is 2.04 bits per heavy atom. The van der Waals surface area contributed by atoms with E-state index >= 15 is 0 Å². The van der Waals surface area contributed by atoms with Gasteiger partial charge in [0.15, 0.2) is 10.3 Å². The highest BCUT2D eigenvalue weighted by Crippen LogP contribution is 2.32. The van der Waals surface area contributed by atoms with E-state index in [2.05, 4.69) is 30.9 Å². The molecular weight excluding hydrogens is 366 g/mol. The second kappa shape index (κ2) is 8.02. The van der Waals surface area contributed by atoms with Crippen LogP contribution in [0.2, 0.25) is 0 Å². The van der Waals surface area contributed by atoms with Gasteiger partial charge in [-0.3, -0.25) is 4.79 Å². The predicted octanol–water partition coefficient (Wildman–Crippen LogP) is 3.23. The minimum absolute atomic E-state index is 0.0681. The van der Waals surface area contributed by atoms with Gasteiger partial charge in [-0.25, -0.2) is 9.97 Å². The van der Waals surface area contributed by atoms with Crippen molar-refractivity contribution in [1.82, 2.24) is 15.3 Å².